The van der Waals surface area contributed by atoms with E-state index in [1.165, 1.54) is 38.5 Å². The van der Waals surface area contributed by atoms with Crippen molar-refractivity contribution in [3.63, 3.8) is 0 Å². The first-order valence-electron chi connectivity index (χ1n) is 28.7. The summed E-state index contributed by atoms with van der Waals surface area (Å²) in [4.78, 5) is 37.9. The smallest absolute Gasteiger partial charge is 0.306 e. The molecule has 6 nitrogen and oxygen atoms in total. The molecule has 400 valence electrons. The van der Waals surface area contributed by atoms with Gasteiger partial charge in [-0.3, -0.25) is 14.4 Å². The summed E-state index contributed by atoms with van der Waals surface area (Å²) in [5.74, 6) is -0.938. The molecule has 0 aromatic heterocycles. The van der Waals surface area contributed by atoms with Crippen LogP contribution in [-0.2, 0) is 28.6 Å². The maximum atomic E-state index is 12.8. The maximum Gasteiger partial charge on any atom is 0.306 e. The summed E-state index contributed by atoms with van der Waals surface area (Å²) in [7, 11) is 0. The molecule has 0 aromatic rings. The standard InChI is InChI=1S/C65H104O6/c1-4-7-10-13-16-18-20-22-24-25-26-27-28-29-30-31-32-33-34-35-36-37-38-39-41-42-44-46-49-52-55-58-64(67)70-61-62(60-69-63(66)57-54-51-48-15-12-9-6-3)71-65(68)59-56-53-50-47-45-43-40-23-21-19-17-14-11-8-5-2/h7-8,10-11,16-19,22-24,26-27,29-30,32-33,35-36,38-40,62H,4-6,9,12-15,20-21,25,28,31,34,37,41-61H2,1-3H3/b10-7-,11-8-,18-16-,19-17-,24-22-,27-26-,30-29-,33-32-,36-35-,39-38-,40-23-. The monoisotopic (exact) mass is 981 g/mol. The quantitative estimate of drug-likeness (QED) is 0.0262. The lowest BCUT2D eigenvalue weighted by atomic mass is 10.1. The molecule has 0 N–H and O–H groups in total. The Morgan fingerprint density at radius 2 is 0.549 bits per heavy atom. The number of carbonyl (C=O) groups excluding carboxylic acids is 3. The highest BCUT2D eigenvalue weighted by Gasteiger charge is 2.19. The van der Waals surface area contributed by atoms with Crippen LogP contribution in [0.3, 0.4) is 0 Å². The van der Waals surface area contributed by atoms with Gasteiger partial charge in [0.25, 0.3) is 0 Å². The van der Waals surface area contributed by atoms with Crippen molar-refractivity contribution in [1.82, 2.24) is 0 Å². The molecule has 0 aromatic carbocycles. The van der Waals surface area contributed by atoms with Gasteiger partial charge in [-0.1, -0.05) is 238 Å². The number of hydrogen-bond acceptors (Lipinski definition) is 6. The van der Waals surface area contributed by atoms with Gasteiger partial charge < -0.3 is 14.2 Å². The fraction of sp³-hybridized carbons (Fsp3) is 0.615. The van der Waals surface area contributed by atoms with Gasteiger partial charge in [-0.2, -0.15) is 0 Å². The molecule has 1 atom stereocenters. The second-order valence-electron chi connectivity index (χ2n) is 18.4. The lowest BCUT2D eigenvalue weighted by molar-refractivity contribution is -0.167. The van der Waals surface area contributed by atoms with Crippen LogP contribution in [-0.4, -0.2) is 37.2 Å². The Morgan fingerprint density at radius 1 is 0.296 bits per heavy atom. The van der Waals surface area contributed by atoms with Crippen molar-refractivity contribution in [2.24, 2.45) is 0 Å². The molecule has 0 saturated carbocycles. The Bertz CT molecular complexity index is 1550. The van der Waals surface area contributed by atoms with Crippen molar-refractivity contribution in [2.45, 2.75) is 245 Å². The van der Waals surface area contributed by atoms with E-state index in [0.717, 1.165) is 161 Å². The summed E-state index contributed by atoms with van der Waals surface area (Å²) < 4.78 is 16.7. The number of rotatable bonds is 50. The van der Waals surface area contributed by atoms with Gasteiger partial charge in [-0.15, -0.1) is 0 Å². The minimum absolute atomic E-state index is 0.0927. The number of esters is 3. The average Bonchev–Trinajstić information content (AvgIpc) is 3.37. The number of allylic oxidation sites excluding steroid dienone is 22. The highest BCUT2D eigenvalue weighted by atomic mass is 16.6. The highest BCUT2D eigenvalue weighted by Crippen LogP contribution is 2.13. The van der Waals surface area contributed by atoms with Crippen molar-refractivity contribution in [3.05, 3.63) is 134 Å². The summed E-state index contributed by atoms with van der Waals surface area (Å²) in [5, 5.41) is 0. The molecule has 0 rings (SSSR count). The molecule has 1 unspecified atom stereocenters. The summed E-state index contributed by atoms with van der Waals surface area (Å²) in [6.45, 7) is 6.33. The van der Waals surface area contributed by atoms with Crippen LogP contribution in [0.4, 0.5) is 0 Å². The topological polar surface area (TPSA) is 78.9 Å². The van der Waals surface area contributed by atoms with Crippen LogP contribution in [0, 0.1) is 0 Å². The minimum Gasteiger partial charge on any atom is -0.462 e. The number of hydrogen-bond donors (Lipinski definition) is 0. The molecule has 0 aliphatic carbocycles. The first-order valence-corrected chi connectivity index (χ1v) is 28.7. The zero-order chi connectivity index (χ0) is 51.4. The molecule has 71 heavy (non-hydrogen) atoms. The van der Waals surface area contributed by atoms with Gasteiger partial charge in [-0.05, 0) is 116 Å². The Labute approximate surface area is 436 Å². The van der Waals surface area contributed by atoms with E-state index in [9.17, 15) is 14.4 Å². The molecule has 0 fully saturated rings. The van der Waals surface area contributed by atoms with Crippen molar-refractivity contribution >= 4 is 17.9 Å². The number of unbranched alkanes of at least 4 members (excludes halogenated alkanes) is 17. The van der Waals surface area contributed by atoms with Crippen LogP contribution in [0.1, 0.15) is 239 Å². The fourth-order valence-corrected chi connectivity index (χ4v) is 7.41. The van der Waals surface area contributed by atoms with Crippen LogP contribution >= 0.6 is 0 Å². The molecule has 0 aliphatic heterocycles. The van der Waals surface area contributed by atoms with Gasteiger partial charge in [0.1, 0.15) is 13.2 Å². The molecule has 6 heteroatoms. The molecular weight excluding hydrogens is 877 g/mol. The first kappa shape index (κ1) is 66.6. The zero-order valence-electron chi connectivity index (χ0n) is 45.7. The number of ether oxygens (including phenoxy) is 3. The summed E-state index contributed by atoms with van der Waals surface area (Å²) in [6.07, 6.45) is 81.8. The van der Waals surface area contributed by atoms with Crippen LogP contribution in [0.25, 0.3) is 0 Å². The van der Waals surface area contributed by atoms with E-state index in [1.54, 1.807) is 0 Å². The normalized spacial score (nSPS) is 13.1. The summed E-state index contributed by atoms with van der Waals surface area (Å²) in [5.41, 5.74) is 0. The van der Waals surface area contributed by atoms with Crippen LogP contribution in [0.5, 0.6) is 0 Å². The van der Waals surface area contributed by atoms with E-state index in [4.69, 9.17) is 14.2 Å². The second-order valence-corrected chi connectivity index (χ2v) is 18.4. The van der Waals surface area contributed by atoms with E-state index < -0.39 is 6.10 Å². The summed E-state index contributed by atoms with van der Waals surface area (Å²) in [6, 6.07) is 0. The number of carbonyl (C=O) groups is 3. The van der Waals surface area contributed by atoms with Crippen LogP contribution < -0.4 is 0 Å². The van der Waals surface area contributed by atoms with Gasteiger partial charge >= 0.3 is 17.9 Å². The Morgan fingerprint density at radius 3 is 0.859 bits per heavy atom. The lowest BCUT2D eigenvalue weighted by Crippen LogP contribution is -2.30. The molecule has 0 spiro atoms. The van der Waals surface area contributed by atoms with Crippen LogP contribution in [0.2, 0.25) is 0 Å². The van der Waals surface area contributed by atoms with E-state index in [-0.39, 0.29) is 31.1 Å². The van der Waals surface area contributed by atoms with Crippen LogP contribution in [0.15, 0.2) is 134 Å². The van der Waals surface area contributed by atoms with Gasteiger partial charge in [0.15, 0.2) is 6.10 Å². The molecule has 0 heterocycles. The minimum atomic E-state index is -0.794. The third kappa shape index (κ3) is 56.3. The fourth-order valence-electron chi connectivity index (χ4n) is 7.41. The Balaban J connectivity index is 4.22. The van der Waals surface area contributed by atoms with E-state index in [1.807, 2.05) is 0 Å². The third-order valence-corrected chi connectivity index (χ3v) is 11.7. The molecule has 0 amide bonds. The van der Waals surface area contributed by atoms with Crippen molar-refractivity contribution < 1.29 is 28.6 Å². The van der Waals surface area contributed by atoms with Crippen molar-refractivity contribution in [2.75, 3.05) is 13.2 Å². The van der Waals surface area contributed by atoms with Gasteiger partial charge in [-0.25, -0.2) is 0 Å². The average molecular weight is 982 g/mol. The largest absolute Gasteiger partial charge is 0.462 e. The molecule has 0 radical (unpaired) electrons. The molecule has 0 bridgehead atoms. The summed E-state index contributed by atoms with van der Waals surface area (Å²) >= 11 is 0. The Hall–Kier alpha value is -4.45. The van der Waals surface area contributed by atoms with Gasteiger partial charge in [0, 0.05) is 19.3 Å². The second kappa shape index (κ2) is 58.1. The maximum absolute atomic E-state index is 12.8. The molecular formula is C65H104O6. The SMILES string of the molecule is CC/C=C\C/C=C\C/C=C\C/C=C\C/C=C\C/C=C\C/C=C\C/C=C\CCCCCCCCC(=O)OCC(COC(=O)CCCCCCCCC)OC(=O)CCCCCCC/C=C\C/C=C\C/C=C\CC. The predicted molar refractivity (Wildman–Crippen MR) is 306 cm³/mol. The zero-order valence-corrected chi connectivity index (χ0v) is 45.7. The van der Waals surface area contributed by atoms with E-state index in [0.29, 0.717) is 19.3 Å². The molecule has 0 aliphatic rings. The third-order valence-electron chi connectivity index (χ3n) is 11.7. The molecule has 0 saturated heterocycles. The van der Waals surface area contributed by atoms with Crippen molar-refractivity contribution in [3.8, 4) is 0 Å². The predicted octanol–water partition coefficient (Wildman–Crippen LogP) is 19.4. The van der Waals surface area contributed by atoms with E-state index >= 15 is 0 Å². The van der Waals surface area contributed by atoms with Gasteiger partial charge in [0.05, 0.1) is 0 Å². The van der Waals surface area contributed by atoms with E-state index in [2.05, 4.69) is 154 Å². The van der Waals surface area contributed by atoms with Gasteiger partial charge in [0.2, 0.25) is 0 Å². The lowest BCUT2D eigenvalue weighted by Gasteiger charge is -2.18. The first-order chi connectivity index (χ1) is 35.0. The highest BCUT2D eigenvalue weighted by molar-refractivity contribution is 5.71. The van der Waals surface area contributed by atoms with Crippen molar-refractivity contribution in [1.29, 1.82) is 0 Å². The Kier molecular flexibility index (Phi) is 54.5.